The number of thioether (sulfide) groups is 1. The fourth-order valence-electron chi connectivity index (χ4n) is 2.71. The van der Waals surface area contributed by atoms with Crippen LogP contribution in [-0.4, -0.2) is 26.4 Å². The first-order valence-corrected chi connectivity index (χ1v) is 9.04. The molecule has 0 spiro atoms. The van der Waals surface area contributed by atoms with Gasteiger partial charge in [-0.2, -0.15) is 0 Å². The minimum Gasteiger partial charge on any atom is -0.461 e. The maximum Gasteiger partial charge on any atom is 0.234 e. The lowest BCUT2D eigenvalue weighted by molar-refractivity contribution is -0.113. The van der Waals surface area contributed by atoms with Gasteiger partial charge >= 0.3 is 0 Å². The van der Waals surface area contributed by atoms with Crippen molar-refractivity contribution in [3.8, 4) is 11.6 Å². The van der Waals surface area contributed by atoms with Crippen molar-refractivity contribution in [2.75, 3.05) is 11.1 Å². The SMILES string of the molecule is Cn1c(SCC(=O)Nc2cccc3ccccc23)nnc1-c1ccco1. The average Bonchev–Trinajstić information content (AvgIpc) is 3.30. The lowest BCUT2D eigenvalue weighted by atomic mass is 10.1. The molecule has 2 aromatic carbocycles. The monoisotopic (exact) mass is 364 g/mol. The van der Waals surface area contributed by atoms with Crippen molar-refractivity contribution < 1.29 is 9.21 Å². The number of aromatic nitrogens is 3. The van der Waals surface area contributed by atoms with E-state index in [0.29, 0.717) is 16.7 Å². The molecule has 130 valence electrons. The number of hydrogen-bond donors (Lipinski definition) is 1. The number of anilines is 1. The zero-order valence-electron chi connectivity index (χ0n) is 14.0. The van der Waals surface area contributed by atoms with E-state index in [2.05, 4.69) is 15.5 Å². The number of carbonyl (C=O) groups excluding carboxylic acids is 1. The van der Waals surface area contributed by atoms with Crippen LogP contribution >= 0.6 is 11.8 Å². The van der Waals surface area contributed by atoms with Gasteiger partial charge < -0.3 is 14.3 Å². The molecule has 0 atom stereocenters. The molecule has 0 unspecified atom stereocenters. The third-order valence-corrected chi connectivity index (χ3v) is 4.99. The van der Waals surface area contributed by atoms with Crippen LogP contribution in [0, 0.1) is 0 Å². The van der Waals surface area contributed by atoms with Gasteiger partial charge in [-0.1, -0.05) is 48.2 Å². The molecule has 7 heteroatoms. The van der Waals surface area contributed by atoms with Crippen LogP contribution in [0.15, 0.2) is 70.4 Å². The zero-order valence-corrected chi connectivity index (χ0v) is 14.9. The summed E-state index contributed by atoms with van der Waals surface area (Å²) in [7, 11) is 1.85. The van der Waals surface area contributed by atoms with E-state index in [0.717, 1.165) is 16.5 Å². The van der Waals surface area contributed by atoms with E-state index in [1.54, 1.807) is 12.3 Å². The van der Waals surface area contributed by atoms with Crippen molar-refractivity contribution in [3.63, 3.8) is 0 Å². The molecule has 0 radical (unpaired) electrons. The van der Waals surface area contributed by atoms with Crippen LogP contribution in [0.2, 0.25) is 0 Å². The molecule has 2 aromatic heterocycles. The molecule has 0 aliphatic carbocycles. The van der Waals surface area contributed by atoms with Crippen LogP contribution in [0.5, 0.6) is 0 Å². The highest BCUT2D eigenvalue weighted by atomic mass is 32.2. The first kappa shape index (κ1) is 16.4. The number of amides is 1. The molecular formula is C19H16N4O2S. The van der Waals surface area contributed by atoms with Gasteiger partial charge in [0.05, 0.1) is 12.0 Å². The molecule has 4 aromatic rings. The quantitative estimate of drug-likeness (QED) is 0.543. The Morgan fingerprint density at radius 3 is 2.81 bits per heavy atom. The summed E-state index contributed by atoms with van der Waals surface area (Å²) in [6.07, 6.45) is 1.59. The summed E-state index contributed by atoms with van der Waals surface area (Å²) >= 11 is 1.33. The van der Waals surface area contributed by atoms with Crippen LogP contribution in [0.1, 0.15) is 0 Å². The van der Waals surface area contributed by atoms with Gasteiger partial charge in [0, 0.05) is 18.1 Å². The molecule has 1 N–H and O–H groups in total. The predicted molar refractivity (Wildman–Crippen MR) is 102 cm³/mol. The summed E-state index contributed by atoms with van der Waals surface area (Å²) in [6, 6.07) is 17.4. The van der Waals surface area contributed by atoms with E-state index in [-0.39, 0.29) is 11.7 Å². The van der Waals surface area contributed by atoms with Crippen molar-refractivity contribution in [2.45, 2.75) is 5.16 Å². The molecular weight excluding hydrogens is 348 g/mol. The third-order valence-electron chi connectivity index (χ3n) is 3.97. The Labute approximate surface area is 154 Å². The zero-order chi connectivity index (χ0) is 17.9. The second-order valence-corrected chi connectivity index (χ2v) is 6.65. The second-order valence-electron chi connectivity index (χ2n) is 5.71. The van der Waals surface area contributed by atoms with Crippen molar-refractivity contribution in [2.24, 2.45) is 7.05 Å². The van der Waals surface area contributed by atoms with Crippen molar-refractivity contribution in [3.05, 3.63) is 60.9 Å². The van der Waals surface area contributed by atoms with Crippen molar-refractivity contribution in [1.29, 1.82) is 0 Å². The second kappa shape index (κ2) is 7.05. The maximum atomic E-state index is 12.4. The van der Waals surface area contributed by atoms with Crippen LogP contribution in [0.25, 0.3) is 22.4 Å². The summed E-state index contributed by atoms with van der Waals surface area (Å²) in [5.74, 6) is 1.43. The van der Waals surface area contributed by atoms with Gasteiger partial charge in [-0.05, 0) is 23.6 Å². The fraction of sp³-hybridized carbons (Fsp3) is 0.105. The lowest BCUT2D eigenvalue weighted by Gasteiger charge is -2.08. The minimum absolute atomic E-state index is 0.0890. The first-order valence-electron chi connectivity index (χ1n) is 8.06. The van der Waals surface area contributed by atoms with Crippen LogP contribution in [0.3, 0.4) is 0 Å². The number of rotatable bonds is 5. The van der Waals surface area contributed by atoms with Crippen LogP contribution in [0.4, 0.5) is 5.69 Å². The van der Waals surface area contributed by atoms with E-state index in [1.165, 1.54) is 11.8 Å². The molecule has 0 aliphatic rings. The van der Waals surface area contributed by atoms with Crippen LogP contribution < -0.4 is 5.32 Å². The highest BCUT2D eigenvalue weighted by Gasteiger charge is 2.15. The molecule has 26 heavy (non-hydrogen) atoms. The molecule has 4 rings (SSSR count). The molecule has 0 saturated carbocycles. The van der Waals surface area contributed by atoms with Gasteiger partial charge in [0.25, 0.3) is 0 Å². The van der Waals surface area contributed by atoms with E-state index in [1.807, 2.05) is 60.1 Å². The summed E-state index contributed by atoms with van der Waals surface area (Å²) in [5, 5.41) is 14.0. The molecule has 6 nitrogen and oxygen atoms in total. The topological polar surface area (TPSA) is 73.0 Å². The molecule has 0 saturated heterocycles. The standard InChI is InChI=1S/C19H16N4O2S/c1-23-18(16-10-5-11-25-16)21-22-19(23)26-12-17(24)20-15-9-4-7-13-6-2-3-8-14(13)15/h2-11H,12H2,1H3,(H,20,24). The number of furan rings is 1. The molecule has 1 amide bonds. The van der Waals surface area contributed by atoms with Crippen molar-refractivity contribution >= 4 is 34.1 Å². The molecule has 0 bridgehead atoms. The fourth-order valence-corrected chi connectivity index (χ4v) is 3.42. The van der Waals surface area contributed by atoms with Crippen molar-refractivity contribution in [1.82, 2.24) is 14.8 Å². The number of hydrogen-bond acceptors (Lipinski definition) is 5. The first-order chi connectivity index (χ1) is 12.7. The molecule has 2 heterocycles. The third kappa shape index (κ3) is 3.21. The van der Waals surface area contributed by atoms with Gasteiger partial charge in [0.15, 0.2) is 16.7 Å². The van der Waals surface area contributed by atoms with Gasteiger partial charge in [-0.15, -0.1) is 10.2 Å². The minimum atomic E-state index is -0.0890. The highest BCUT2D eigenvalue weighted by molar-refractivity contribution is 7.99. The summed E-state index contributed by atoms with van der Waals surface area (Å²) < 4.78 is 7.16. The number of benzene rings is 2. The lowest BCUT2D eigenvalue weighted by Crippen LogP contribution is -2.14. The maximum absolute atomic E-state index is 12.4. The Kier molecular flexibility index (Phi) is 4.45. The van der Waals surface area contributed by atoms with Gasteiger partial charge in [0.2, 0.25) is 5.91 Å². The number of nitrogens with one attached hydrogen (secondary N) is 1. The smallest absolute Gasteiger partial charge is 0.234 e. The van der Waals surface area contributed by atoms with Crippen LogP contribution in [-0.2, 0) is 11.8 Å². The Bertz CT molecular complexity index is 1050. The Morgan fingerprint density at radius 1 is 1.12 bits per heavy atom. The van der Waals surface area contributed by atoms with Gasteiger partial charge in [0.1, 0.15) is 0 Å². The van der Waals surface area contributed by atoms with E-state index in [4.69, 9.17) is 4.42 Å². The largest absolute Gasteiger partial charge is 0.461 e. The molecule has 0 aliphatic heterocycles. The average molecular weight is 364 g/mol. The van der Waals surface area contributed by atoms with Gasteiger partial charge in [-0.3, -0.25) is 4.79 Å². The predicted octanol–water partition coefficient (Wildman–Crippen LogP) is 3.96. The highest BCUT2D eigenvalue weighted by Crippen LogP contribution is 2.25. The van der Waals surface area contributed by atoms with E-state index in [9.17, 15) is 4.79 Å². The normalized spacial score (nSPS) is 11.0. The number of nitrogens with zero attached hydrogens (tertiary/aromatic N) is 3. The van der Waals surface area contributed by atoms with E-state index < -0.39 is 0 Å². The van der Waals surface area contributed by atoms with E-state index >= 15 is 0 Å². The van der Waals surface area contributed by atoms with Gasteiger partial charge in [-0.25, -0.2) is 0 Å². The summed E-state index contributed by atoms with van der Waals surface area (Å²) in [6.45, 7) is 0. The Balaban J connectivity index is 1.45. The summed E-state index contributed by atoms with van der Waals surface area (Å²) in [5.41, 5.74) is 0.808. The Morgan fingerprint density at radius 2 is 1.96 bits per heavy atom. The number of carbonyl (C=O) groups is 1. The Hall–Kier alpha value is -3.06. The number of fused-ring (bicyclic) bond motifs is 1. The molecule has 0 fully saturated rings. The summed E-state index contributed by atoms with van der Waals surface area (Å²) in [4.78, 5) is 12.4.